The first-order valence-electron chi connectivity index (χ1n) is 4.84. The van der Waals surface area contributed by atoms with Crippen LogP contribution < -0.4 is 5.32 Å². The normalized spacial score (nSPS) is 10.1. The summed E-state index contributed by atoms with van der Waals surface area (Å²) in [6.07, 6.45) is 0.899. The number of hydrogen-bond acceptors (Lipinski definition) is 1. The van der Waals surface area contributed by atoms with E-state index in [1.165, 1.54) is 12.1 Å². The van der Waals surface area contributed by atoms with Crippen LogP contribution in [-0.2, 0) is 11.2 Å². The van der Waals surface area contributed by atoms with Crippen LogP contribution in [0.15, 0.2) is 18.2 Å². The van der Waals surface area contributed by atoms with E-state index in [0.717, 1.165) is 0 Å². The molecule has 0 aromatic heterocycles. The molecule has 0 saturated heterocycles. The van der Waals surface area contributed by atoms with Gasteiger partial charge in [0.25, 0.3) is 0 Å². The Hall–Kier alpha value is -1.09. The molecule has 0 saturated carbocycles. The minimum absolute atomic E-state index is 0.0302. The second kappa shape index (κ2) is 5.71. The number of carbonyl (C=O) groups is 1. The van der Waals surface area contributed by atoms with Crippen LogP contribution >= 0.6 is 11.6 Å². The number of nitrogens with one attached hydrogen (secondary N) is 1. The van der Waals surface area contributed by atoms with Gasteiger partial charge in [-0.05, 0) is 30.2 Å². The SMILES string of the molecule is CCC(=O)NCCc1cc(Cl)ccc1F. The Kier molecular flexibility index (Phi) is 4.56. The monoisotopic (exact) mass is 229 g/mol. The summed E-state index contributed by atoms with van der Waals surface area (Å²) in [6, 6.07) is 4.42. The van der Waals surface area contributed by atoms with Gasteiger partial charge in [0, 0.05) is 18.0 Å². The molecule has 1 aromatic rings. The van der Waals surface area contributed by atoms with Crippen molar-refractivity contribution >= 4 is 17.5 Å². The molecule has 0 bridgehead atoms. The lowest BCUT2D eigenvalue weighted by atomic mass is 10.1. The van der Waals surface area contributed by atoms with Gasteiger partial charge in [-0.3, -0.25) is 4.79 Å². The molecule has 1 aromatic carbocycles. The molecule has 0 fully saturated rings. The Morgan fingerprint density at radius 1 is 1.53 bits per heavy atom. The van der Waals surface area contributed by atoms with E-state index in [4.69, 9.17) is 11.6 Å². The Morgan fingerprint density at radius 3 is 2.93 bits per heavy atom. The van der Waals surface area contributed by atoms with Crippen LogP contribution in [0.4, 0.5) is 4.39 Å². The van der Waals surface area contributed by atoms with E-state index < -0.39 is 0 Å². The van der Waals surface area contributed by atoms with Crippen LogP contribution in [0.2, 0.25) is 5.02 Å². The van der Waals surface area contributed by atoms with Crippen molar-refractivity contribution in [3.8, 4) is 0 Å². The molecule has 0 heterocycles. The summed E-state index contributed by atoms with van der Waals surface area (Å²) in [5.41, 5.74) is 0.527. The number of hydrogen-bond donors (Lipinski definition) is 1. The summed E-state index contributed by atoms with van der Waals surface area (Å²) in [5.74, 6) is -0.317. The maximum Gasteiger partial charge on any atom is 0.219 e. The van der Waals surface area contributed by atoms with Gasteiger partial charge in [-0.25, -0.2) is 4.39 Å². The number of rotatable bonds is 4. The van der Waals surface area contributed by atoms with Gasteiger partial charge in [0.1, 0.15) is 5.82 Å². The van der Waals surface area contributed by atoms with Crippen molar-refractivity contribution in [2.45, 2.75) is 19.8 Å². The molecule has 1 rings (SSSR count). The van der Waals surface area contributed by atoms with Gasteiger partial charge in [-0.15, -0.1) is 0 Å². The molecule has 1 amide bonds. The molecule has 4 heteroatoms. The number of halogens is 2. The first kappa shape index (κ1) is 12.0. The lowest BCUT2D eigenvalue weighted by Gasteiger charge is -2.05. The lowest BCUT2D eigenvalue weighted by Crippen LogP contribution is -2.24. The zero-order valence-electron chi connectivity index (χ0n) is 8.52. The molecule has 0 aliphatic rings. The maximum absolute atomic E-state index is 13.2. The third-order valence-electron chi connectivity index (χ3n) is 2.05. The summed E-state index contributed by atoms with van der Waals surface area (Å²) < 4.78 is 13.2. The van der Waals surface area contributed by atoms with E-state index in [0.29, 0.717) is 30.0 Å². The summed E-state index contributed by atoms with van der Waals surface area (Å²) >= 11 is 5.73. The third-order valence-corrected chi connectivity index (χ3v) is 2.28. The van der Waals surface area contributed by atoms with Crippen molar-refractivity contribution in [2.75, 3.05) is 6.54 Å². The Morgan fingerprint density at radius 2 is 2.27 bits per heavy atom. The van der Waals surface area contributed by atoms with Gasteiger partial charge >= 0.3 is 0 Å². The maximum atomic E-state index is 13.2. The zero-order chi connectivity index (χ0) is 11.3. The zero-order valence-corrected chi connectivity index (χ0v) is 9.27. The highest BCUT2D eigenvalue weighted by Gasteiger charge is 2.03. The molecule has 0 aliphatic heterocycles. The van der Waals surface area contributed by atoms with Crippen molar-refractivity contribution in [3.63, 3.8) is 0 Å². The molecule has 82 valence electrons. The number of carbonyl (C=O) groups excluding carboxylic acids is 1. The summed E-state index contributed by atoms with van der Waals surface area (Å²) in [6.45, 7) is 2.21. The van der Waals surface area contributed by atoms with Crippen LogP contribution in [0.3, 0.4) is 0 Å². The third kappa shape index (κ3) is 3.88. The topological polar surface area (TPSA) is 29.1 Å². The molecule has 0 spiro atoms. The van der Waals surface area contributed by atoms with Gasteiger partial charge in [0.15, 0.2) is 0 Å². The van der Waals surface area contributed by atoms with Crippen molar-refractivity contribution in [1.29, 1.82) is 0 Å². The van der Waals surface area contributed by atoms with Crippen molar-refractivity contribution in [2.24, 2.45) is 0 Å². The molecule has 0 radical (unpaired) electrons. The highest BCUT2D eigenvalue weighted by Crippen LogP contribution is 2.14. The predicted molar refractivity (Wildman–Crippen MR) is 58.4 cm³/mol. The smallest absolute Gasteiger partial charge is 0.219 e. The first-order valence-corrected chi connectivity index (χ1v) is 5.22. The molecule has 1 N–H and O–H groups in total. The molecular weight excluding hydrogens is 217 g/mol. The highest BCUT2D eigenvalue weighted by atomic mass is 35.5. The van der Waals surface area contributed by atoms with Crippen LogP contribution in [0.1, 0.15) is 18.9 Å². The summed E-state index contributed by atoms with van der Waals surface area (Å²) in [7, 11) is 0. The van der Waals surface area contributed by atoms with Crippen LogP contribution in [0, 0.1) is 5.82 Å². The first-order chi connectivity index (χ1) is 7.13. The van der Waals surface area contributed by atoms with E-state index in [2.05, 4.69) is 5.32 Å². The second-order valence-electron chi connectivity index (χ2n) is 3.19. The highest BCUT2D eigenvalue weighted by molar-refractivity contribution is 6.30. The molecule has 15 heavy (non-hydrogen) atoms. The number of amides is 1. The fourth-order valence-electron chi connectivity index (χ4n) is 1.20. The largest absolute Gasteiger partial charge is 0.356 e. The van der Waals surface area contributed by atoms with E-state index in [1.807, 2.05) is 0 Å². The molecule has 0 atom stereocenters. The van der Waals surface area contributed by atoms with Gasteiger partial charge in [-0.1, -0.05) is 18.5 Å². The average Bonchev–Trinajstić information content (AvgIpc) is 2.23. The summed E-state index contributed by atoms with van der Waals surface area (Å²) in [5, 5.41) is 3.19. The fourth-order valence-corrected chi connectivity index (χ4v) is 1.39. The fraction of sp³-hybridized carbons (Fsp3) is 0.364. The Labute approximate surface area is 93.4 Å². The molecule has 0 aliphatic carbocycles. The van der Waals surface area contributed by atoms with Gasteiger partial charge in [0.2, 0.25) is 5.91 Å². The lowest BCUT2D eigenvalue weighted by molar-refractivity contribution is -0.120. The standard InChI is InChI=1S/C11H13ClFNO/c1-2-11(15)14-6-5-8-7-9(12)3-4-10(8)13/h3-4,7H,2,5-6H2,1H3,(H,14,15). The van der Waals surface area contributed by atoms with Crippen molar-refractivity contribution in [1.82, 2.24) is 5.32 Å². The van der Waals surface area contributed by atoms with Gasteiger partial charge < -0.3 is 5.32 Å². The quantitative estimate of drug-likeness (QED) is 0.845. The summed E-state index contributed by atoms with van der Waals surface area (Å²) in [4.78, 5) is 10.9. The minimum Gasteiger partial charge on any atom is -0.356 e. The van der Waals surface area contributed by atoms with Crippen molar-refractivity contribution in [3.05, 3.63) is 34.6 Å². The van der Waals surface area contributed by atoms with E-state index in [-0.39, 0.29) is 11.7 Å². The van der Waals surface area contributed by atoms with E-state index in [9.17, 15) is 9.18 Å². The number of benzene rings is 1. The average molecular weight is 230 g/mol. The van der Waals surface area contributed by atoms with E-state index in [1.54, 1.807) is 13.0 Å². The van der Waals surface area contributed by atoms with Gasteiger partial charge in [0.05, 0.1) is 0 Å². The minimum atomic E-state index is -0.287. The van der Waals surface area contributed by atoms with Crippen molar-refractivity contribution < 1.29 is 9.18 Å². The van der Waals surface area contributed by atoms with Crippen LogP contribution in [0.5, 0.6) is 0 Å². The van der Waals surface area contributed by atoms with Crippen LogP contribution in [-0.4, -0.2) is 12.5 Å². The second-order valence-corrected chi connectivity index (χ2v) is 3.63. The predicted octanol–water partition coefficient (Wildman–Crippen LogP) is 2.55. The van der Waals surface area contributed by atoms with Gasteiger partial charge in [-0.2, -0.15) is 0 Å². The molecule has 0 unspecified atom stereocenters. The Bertz CT molecular complexity index is 354. The Balaban J connectivity index is 2.50. The van der Waals surface area contributed by atoms with Crippen LogP contribution in [0.25, 0.3) is 0 Å². The molecule has 2 nitrogen and oxygen atoms in total. The van der Waals surface area contributed by atoms with E-state index >= 15 is 0 Å². The molecular formula is C11H13ClFNO.